The Morgan fingerprint density at radius 2 is 2.14 bits per heavy atom. The van der Waals surface area contributed by atoms with Crippen LogP contribution in [-0.4, -0.2) is 27.8 Å². The van der Waals surface area contributed by atoms with E-state index in [-0.39, 0.29) is 6.04 Å². The van der Waals surface area contributed by atoms with Gasteiger partial charge in [-0.2, -0.15) is 5.10 Å². The van der Waals surface area contributed by atoms with E-state index in [2.05, 4.69) is 10.1 Å². The van der Waals surface area contributed by atoms with E-state index >= 15 is 0 Å². The van der Waals surface area contributed by atoms with Crippen molar-refractivity contribution >= 4 is 17.1 Å². The van der Waals surface area contributed by atoms with E-state index in [1.807, 2.05) is 24.6 Å². The molecule has 22 heavy (non-hydrogen) atoms. The normalized spacial score (nSPS) is 11.3. The molecule has 0 saturated heterocycles. The average Bonchev–Trinajstić information content (AvgIpc) is 3.10. The van der Waals surface area contributed by atoms with Crippen molar-refractivity contribution in [3.05, 3.63) is 35.9 Å². The van der Waals surface area contributed by atoms with Gasteiger partial charge in [-0.25, -0.2) is 9.78 Å². The van der Waals surface area contributed by atoms with Crippen LogP contribution in [0.25, 0.3) is 22.4 Å². The average molecular weight is 299 g/mol. The highest BCUT2D eigenvalue weighted by Crippen LogP contribution is 2.32. The lowest BCUT2D eigenvalue weighted by Gasteiger charge is -2.12. The Morgan fingerprint density at radius 1 is 1.36 bits per heavy atom. The molecule has 0 aliphatic carbocycles. The minimum atomic E-state index is -0.403. The first kappa shape index (κ1) is 14.3. The van der Waals surface area contributed by atoms with Gasteiger partial charge in [-0.05, 0) is 32.0 Å². The van der Waals surface area contributed by atoms with Crippen LogP contribution in [0.1, 0.15) is 36.1 Å². The van der Waals surface area contributed by atoms with Crippen LogP contribution in [0.4, 0.5) is 0 Å². The van der Waals surface area contributed by atoms with Crippen LogP contribution in [0.15, 0.2) is 28.8 Å². The highest BCUT2D eigenvalue weighted by molar-refractivity contribution is 5.99. The molecule has 3 aromatic rings. The largest absolute Gasteiger partial charge is 0.465 e. The van der Waals surface area contributed by atoms with Gasteiger partial charge in [0.1, 0.15) is 5.52 Å². The van der Waals surface area contributed by atoms with Gasteiger partial charge < -0.3 is 9.15 Å². The molecule has 0 N–H and O–H groups in total. The molecule has 0 fully saturated rings. The molecule has 6 nitrogen and oxygen atoms in total. The molecule has 6 heteroatoms. The highest BCUT2D eigenvalue weighted by atomic mass is 16.5. The third-order valence-corrected chi connectivity index (χ3v) is 3.45. The summed E-state index contributed by atoms with van der Waals surface area (Å²) in [7, 11) is 1.36. The van der Waals surface area contributed by atoms with Crippen molar-refractivity contribution in [3.8, 4) is 11.3 Å². The Hall–Kier alpha value is -2.63. The van der Waals surface area contributed by atoms with E-state index < -0.39 is 5.97 Å². The van der Waals surface area contributed by atoms with Crippen LogP contribution in [0.3, 0.4) is 0 Å². The first-order chi connectivity index (χ1) is 10.5. The van der Waals surface area contributed by atoms with Crippen molar-refractivity contribution in [2.45, 2.75) is 26.8 Å². The highest BCUT2D eigenvalue weighted by Gasteiger charge is 2.19. The summed E-state index contributed by atoms with van der Waals surface area (Å²) in [5, 5.41) is 4.34. The number of oxazole rings is 1. The van der Waals surface area contributed by atoms with Crippen LogP contribution in [0, 0.1) is 6.92 Å². The summed E-state index contributed by atoms with van der Waals surface area (Å²) in [6, 6.07) is 5.52. The van der Waals surface area contributed by atoms with Gasteiger partial charge in [-0.3, -0.25) is 4.68 Å². The molecule has 0 radical (unpaired) electrons. The number of rotatable bonds is 3. The molecule has 0 aliphatic rings. The van der Waals surface area contributed by atoms with Crippen LogP contribution < -0.4 is 0 Å². The lowest BCUT2D eigenvalue weighted by Crippen LogP contribution is -2.06. The summed E-state index contributed by atoms with van der Waals surface area (Å²) in [6.45, 7) is 5.87. The van der Waals surface area contributed by atoms with E-state index in [9.17, 15) is 4.79 Å². The van der Waals surface area contributed by atoms with Gasteiger partial charge in [-0.15, -0.1) is 0 Å². The lowest BCUT2D eigenvalue weighted by atomic mass is 10.1. The third kappa shape index (κ3) is 2.26. The fourth-order valence-electron chi connectivity index (χ4n) is 2.51. The lowest BCUT2D eigenvalue weighted by molar-refractivity contribution is 0.0601. The maximum Gasteiger partial charge on any atom is 0.337 e. The zero-order valence-corrected chi connectivity index (χ0v) is 13.0. The fourth-order valence-corrected chi connectivity index (χ4v) is 2.51. The van der Waals surface area contributed by atoms with Crippen molar-refractivity contribution in [1.29, 1.82) is 0 Å². The smallest absolute Gasteiger partial charge is 0.337 e. The van der Waals surface area contributed by atoms with Gasteiger partial charge in [0, 0.05) is 24.7 Å². The van der Waals surface area contributed by atoms with Gasteiger partial charge in [0.2, 0.25) is 0 Å². The van der Waals surface area contributed by atoms with Gasteiger partial charge >= 0.3 is 5.97 Å². The molecule has 0 unspecified atom stereocenters. The second-order valence-corrected chi connectivity index (χ2v) is 5.35. The topological polar surface area (TPSA) is 70.2 Å². The fraction of sp³-hybridized carbons (Fsp3) is 0.312. The van der Waals surface area contributed by atoms with Crippen LogP contribution in [-0.2, 0) is 4.74 Å². The summed E-state index contributed by atoms with van der Waals surface area (Å²) in [4.78, 5) is 16.2. The Kier molecular flexibility index (Phi) is 3.44. The number of benzene rings is 1. The molecule has 1 aromatic carbocycles. The van der Waals surface area contributed by atoms with E-state index in [4.69, 9.17) is 9.15 Å². The Balaban J connectivity index is 2.31. The van der Waals surface area contributed by atoms with Gasteiger partial charge in [-0.1, -0.05) is 0 Å². The molecule has 2 heterocycles. The number of carbonyl (C=O) groups excluding carboxylic acids is 1. The molecule has 0 spiro atoms. The summed E-state index contributed by atoms with van der Waals surface area (Å²) >= 11 is 0. The van der Waals surface area contributed by atoms with Crippen molar-refractivity contribution in [2.75, 3.05) is 7.11 Å². The standard InChI is InChI=1S/C16H17N3O3/c1-9(2)19-14(5-6-17-19)12-7-11(16(20)21-4)8-13-15(12)22-10(3)18-13/h5-9H,1-4H3. The number of methoxy groups -OCH3 is 1. The maximum absolute atomic E-state index is 11.9. The van der Waals surface area contributed by atoms with Crippen molar-refractivity contribution < 1.29 is 13.9 Å². The molecule has 0 amide bonds. The van der Waals surface area contributed by atoms with Gasteiger partial charge in [0.05, 0.1) is 18.4 Å². The Morgan fingerprint density at radius 3 is 2.82 bits per heavy atom. The summed E-state index contributed by atoms with van der Waals surface area (Å²) in [5.41, 5.74) is 3.38. The second kappa shape index (κ2) is 5.29. The van der Waals surface area contributed by atoms with Crippen LogP contribution >= 0.6 is 0 Å². The minimum absolute atomic E-state index is 0.186. The number of nitrogens with zero attached hydrogens (tertiary/aromatic N) is 3. The molecule has 0 atom stereocenters. The van der Waals surface area contributed by atoms with E-state index in [0.29, 0.717) is 22.6 Å². The number of ether oxygens (including phenoxy) is 1. The predicted octanol–water partition coefficient (Wildman–Crippen LogP) is 3.37. The Bertz CT molecular complexity index is 846. The number of carbonyl (C=O) groups is 1. The number of fused-ring (bicyclic) bond motifs is 1. The molecule has 0 aliphatic heterocycles. The molecule has 114 valence electrons. The quantitative estimate of drug-likeness (QED) is 0.693. The van der Waals surface area contributed by atoms with Gasteiger partial charge in [0.15, 0.2) is 11.5 Å². The van der Waals surface area contributed by atoms with Crippen molar-refractivity contribution in [1.82, 2.24) is 14.8 Å². The minimum Gasteiger partial charge on any atom is -0.465 e. The SMILES string of the molecule is COC(=O)c1cc(-c2ccnn2C(C)C)c2oc(C)nc2c1. The first-order valence-corrected chi connectivity index (χ1v) is 7.04. The zero-order valence-electron chi connectivity index (χ0n) is 13.0. The maximum atomic E-state index is 11.9. The van der Waals surface area contributed by atoms with Crippen LogP contribution in [0.2, 0.25) is 0 Å². The first-order valence-electron chi connectivity index (χ1n) is 7.04. The number of aromatic nitrogens is 3. The number of hydrogen-bond acceptors (Lipinski definition) is 5. The third-order valence-electron chi connectivity index (χ3n) is 3.45. The molecular weight excluding hydrogens is 282 g/mol. The van der Waals surface area contributed by atoms with E-state index in [1.165, 1.54) is 7.11 Å². The molecular formula is C16H17N3O3. The summed E-state index contributed by atoms with van der Waals surface area (Å²) in [5.74, 6) is 0.147. The molecule has 0 saturated carbocycles. The van der Waals surface area contributed by atoms with Crippen molar-refractivity contribution in [3.63, 3.8) is 0 Å². The molecule has 0 bridgehead atoms. The monoisotopic (exact) mass is 299 g/mol. The molecule has 3 rings (SSSR count). The van der Waals surface area contributed by atoms with Crippen LogP contribution in [0.5, 0.6) is 0 Å². The predicted molar refractivity (Wildman–Crippen MR) is 81.7 cm³/mol. The molecule has 2 aromatic heterocycles. The van der Waals surface area contributed by atoms with E-state index in [0.717, 1.165) is 11.3 Å². The summed E-state index contributed by atoms with van der Waals surface area (Å²) < 4.78 is 12.4. The van der Waals surface area contributed by atoms with Crippen molar-refractivity contribution in [2.24, 2.45) is 0 Å². The van der Waals surface area contributed by atoms with E-state index in [1.54, 1.807) is 25.3 Å². The summed E-state index contributed by atoms with van der Waals surface area (Å²) in [6.07, 6.45) is 1.73. The van der Waals surface area contributed by atoms with Gasteiger partial charge in [0.25, 0.3) is 0 Å². The zero-order chi connectivity index (χ0) is 15.9. The number of esters is 1. The Labute approximate surface area is 127 Å². The second-order valence-electron chi connectivity index (χ2n) is 5.35. The number of hydrogen-bond donors (Lipinski definition) is 0. The number of aryl methyl sites for hydroxylation is 1.